The van der Waals surface area contributed by atoms with Crippen molar-refractivity contribution in [3.05, 3.63) is 53.3 Å². The summed E-state index contributed by atoms with van der Waals surface area (Å²) in [5.41, 5.74) is 5.03. The molecular weight excluding hydrogens is 406 g/mol. The van der Waals surface area contributed by atoms with Crippen LogP contribution in [0.1, 0.15) is 61.9 Å². The highest BCUT2D eigenvalue weighted by molar-refractivity contribution is 5.69. The van der Waals surface area contributed by atoms with Crippen LogP contribution >= 0.6 is 0 Å². The van der Waals surface area contributed by atoms with Crippen molar-refractivity contribution in [3.63, 3.8) is 0 Å². The number of morpholine rings is 1. The highest BCUT2D eigenvalue weighted by Crippen LogP contribution is 2.36. The zero-order chi connectivity index (χ0) is 22.9. The van der Waals surface area contributed by atoms with E-state index in [2.05, 4.69) is 40.3 Å². The first-order valence-electron chi connectivity index (χ1n) is 11.4. The van der Waals surface area contributed by atoms with Crippen molar-refractivity contribution < 1.29 is 19.4 Å². The van der Waals surface area contributed by atoms with Crippen LogP contribution in [0.4, 0.5) is 11.4 Å². The number of anilines is 2. The third-order valence-electron chi connectivity index (χ3n) is 6.09. The molecule has 2 aromatic rings. The maximum atomic E-state index is 11.4. The molecule has 174 valence electrons. The van der Waals surface area contributed by atoms with Gasteiger partial charge >= 0.3 is 5.97 Å². The predicted molar refractivity (Wildman–Crippen MR) is 125 cm³/mol. The molecular formula is C25H35N3O4. The molecule has 0 saturated carbocycles. The van der Waals surface area contributed by atoms with E-state index in [1.165, 1.54) is 5.56 Å². The summed E-state index contributed by atoms with van der Waals surface area (Å²) >= 11 is 0. The average Bonchev–Trinajstić information content (AvgIpc) is 2.81. The number of nitrogens with one attached hydrogen (secondary N) is 1. The molecule has 1 aromatic carbocycles. The summed E-state index contributed by atoms with van der Waals surface area (Å²) in [7, 11) is 1.66. The standard InChI is InChI=1S/C25H35N3O4/c1-4-18(15-25(29)30)19-6-9-22(24(5-2)28-10-12-32-13-11-28)23(14-19)27-20-7-8-21(17-31-3)26-16-20/h6-9,14,16,18,24,27H,4-5,10-13,15,17H2,1-3H3,(H,29,30)/t18?,24-/m1/s1. The Morgan fingerprint density at radius 2 is 2.00 bits per heavy atom. The number of methoxy groups -OCH3 is 1. The van der Waals surface area contributed by atoms with Gasteiger partial charge in [0.15, 0.2) is 0 Å². The van der Waals surface area contributed by atoms with Crippen LogP contribution in [0.2, 0.25) is 0 Å². The molecule has 0 amide bonds. The summed E-state index contributed by atoms with van der Waals surface area (Å²) in [6.07, 6.45) is 3.70. The van der Waals surface area contributed by atoms with Crippen molar-refractivity contribution in [2.45, 2.75) is 51.7 Å². The van der Waals surface area contributed by atoms with E-state index in [-0.39, 0.29) is 18.4 Å². The fraction of sp³-hybridized carbons (Fsp3) is 0.520. The number of pyridine rings is 1. The molecule has 1 saturated heterocycles. The molecule has 1 aliphatic rings. The predicted octanol–water partition coefficient (Wildman–Crippen LogP) is 4.72. The van der Waals surface area contributed by atoms with Crippen molar-refractivity contribution in [3.8, 4) is 0 Å². The molecule has 0 aliphatic carbocycles. The minimum absolute atomic E-state index is 0.0206. The molecule has 0 spiro atoms. The van der Waals surface area contributed by atoms with Gasteiger partial charge in [-0.05, 0) is 48.1 Å². The molecule has 2 heterocycles. The van der Waals surface area contributed by atoms with Gasteiger partial charge in [0, 0.05) is 31.9 Å². The molecule has 3 rings (SSSR count). The summed E-state index contributed by atoms with van der Waals surface area (Å²) in [5.74, 6) is -0.791. The summed E-state index contributed by atoms with van der Waals surface area (Å²) in [6, 6.07) is 10.6. The zero-order valence-electron chi connectivity index (χ0n) is 19.3. The minimum Gasteiger partial charge on any atom is -0.481 e. The lowest BCUT2D eigenvalue weighted by atomic mass is 9.90. The zero-order valence-corrected chi connectivity index (χ0v) is 19.3. The maximum absolute atomic E-state index is 11.4. The summed E-state index contributed by atoms with van der Waals surface area (Å²) in [6.45, 7) is 8.03. The SMILES string of the molecule is CCC(CC(=O)O)c1ccc([C@@H](CC)N2CCOCC2)c(Nc2ccc(COC)nc2)c1. The van der Waals surface area contributed by atoms with Crippen molar-refractivity contribution in [1.29, 1.82) is 0 Å². The molecule has 7 heteroatoms. The third kappa shape index (κ3) is 6.28. The summed E-state index contributed by atoms with van der Waals surface area (Å²) in [4.78, 5) is 18.3. The Morgan fingerprint density at radius 3 is 2.59 bits per heavy atom. The van der Waals surface area contributed by atoms with Gasteiger partial charge in [0.2, 0.25) is 0 Å². The Morgan fingerprint density at radius 1 is 1.22 bits per heavy atom. The van der Waals surface area contributed by atoms with Crippen LogP contribution in [0.5, 0.6) is 0 Å². The molecule has 1 aromatic heterocycles. The lowest BCUT2D eigenvalue weighted by molar-refractivity contribution is -0.137. The second-order valence-electron chi connectivity index (χ2n) is 8.22. The average molecular weight is 442 g/mol. The largest absolute Gasteiger partial charge is 0.481 e. The number of nitrogens with zero attached hydrogens (tertiary/aromatic N) is 2. The molecule has 2 N–H and O–H groups in total. The smallest absolute Gasteiger partial charge is 0.303 e. The second-order valence-corrected chi connectivity index (χ2v) is 8.22. The minimum atomic E-state index is -0.770. The van der Waals surface area contributed by atoms with Crippen molar-refractivity contribution in [2.24, 2.45) is 0 Å². The third-order valence-corrected chi connectivity index (χ3v) is 6.09. The fourth-order valence-corrected chi connectivity index (χ4v) is 4.39. The molecule has 1 unspecified atom stereocenters. The number of hydrogen-bond donors (Lipinski definition) is 2. The number of aliphatic carboxylic acids is 1. The Bertz CT molecular complexity index is 866. The van der Waals surface area contributed by atoms with Crippen LogP contribution in [-0.2, 0) is 20.9 Å². The van der Waals surface area contributed by atoms with Gasteiger partial charge in [-0.25, -0.2) is 0 Å². The second kappa shape index (κ2) is 11.9. The first kappa shape index (κ1) is 24.2. The summed E-state index contributed by atoms with van der Waals surface area (Å²) < 4.78 is 10.7. The number of hydrogen-bond acceptors (Lipinski definition) is 6. The van der Waals surface area contributed by atoms with Gasteiger partial charge in [-0.2, -0.15) is 0 Å². The Hall–Kier alpha value is -2.48. The highest BCUT2D eigenvalue weighted by atomic mass is 16.5. The number of carbonyl (C=O) groups is 1. The Kier molecular flexibility index (Phi) is 9.02. The van der Waals surface area contributed by atoms with E-state index in [4.69, 9.17) is 9.47 Å². The first-order valence-corrected chi connectivity index (χ1v) is 11.4. The van der Waals surface area contributed by atoms with E-state index < -0.39 is 5.97 Å². The van der Waals surface area contributed by atoms with Crippen molar-refractivity contribution >= 4 is 17.3 Å². The molecule has 7 nitrogen and oxygen atoms in total. The van der Waals surface area contributed by atoms with E-state index in [0.717, 1.165) is 61.8 Å². The van der Waals surface area contributed by atoms with Gasteiger partial charge in [0.1, 0.15) is 0 Å². The highest BCUT2D eigenvalue weighted by Gasteiger charge is 2.24. The van der Waals surface area contributed by atoms with Gasteiger partial charge in [0.25, 0.3) is 0 Å². The number of aromatic nitrogens is 1. The van der Waals surface area contributed by atoms with E-state index in [1.54, 1.807) is 7.11 Å². The van der Waals surface area contributed by atoms with Gasteiger partial charge in [0.05, 0.1) is 43.8 Å². The topological polar surface area (TPSA) is 83.9 Å². The van der Waals surface area contributed by atoms with Gasteiger partial charge < -0.3 is 19.9 Å². The van der Waals surface area contributed by atoms with Crippen LogP contribution in [-0.4, -0.2) is 54.4 Å². The molecule has 1 aliphatic heterocycles. The van der Waals surface area contributed by atoms with Crippen LogP contribution in [0.15, 0.2) is 36.5 Å². The number of carboxylic acids is 1. The van der Waals surface area contributed by atoms with E-state index in [1.807, 2.05) is 25.3 Å². The number of ether oxygens (including phenoxy) is 2. The van der Waals surface area contributed by atoms with E-state index in [0.29, 0.717) is 6.61 Å². The van der Waals surface area contributed by atoms with Crippen molar-refractivity contribution in [1.82, 2.24) is 9.88 Å². The molecule has 1 fully saturated rings. The van der Waals surface area contributed by atoms with Crippen LogP contribution in [0.25, 0.3) is 0 Å². The quantitative estimate of drug-likeness (QED) is 0.522. The van der Waals surface area contributed by atoms with Crippen LogP contribution in [0.3, 0.4) is 0 Å². The first-order chi connectivity index (χ1) is 15.5. The molecule has 32 heavy (non-hydrogen) atoms. The van der Waals surface area contributed by atoms with Gasteiger partial charge in [-0.1, -0.05) is 26.0 Å². The normalized spacial score (nSPS) is 16.5. The maximum Gasteiger partial charge on any atom is 0.303 e. The number of benzene rings is 1. The summed E-state index contributed by atoms with van der Waals surface area (Å²) in [5, 5.41) is 12.9. The van der Waals surface area contributed by atoms with Crippen LogP contribution < -0.4 is 5.32 Å². The monoisotopic (exact) mass is 441 g/mol. The van der Waals surface area contributed by atoms with Crippen molar-refractivity contribution in [2.75, 3.05) is 38.7 Å². The number of carboxylic acid groups (broad SMARTS) is 1. The molecule has 2 atom stereocenters. The molecule has 0 bridgehead atoms. The van der Waals surface area contributed by atoms with Gasteiger partial charge in [-0.15, -0.1) is 0 Å². The lowest BCUT2D eigenvalue weighted by Gasteiger charge is -2.35. The van der Waals surface area contributed by atoms with Gasteiger partial charge in [-0.3, -0.25) is 14.7 Å². The Labute approximate surface area is 190 Å². The van der Waals surface area contributed by atoms with Crippen LogP contribution in [0, 0.1) is 0 Å². The number of rotatable bonds is 11. The lowest BCUT2D eigenvalue weighted by Crippen LogP contribution is -2.39. The Balaban J connectivity index is 1.96. The fourth-order valence-electron chi connectivity index (χ4n) is 4.39. The molecule has 0 radical (unpaired) electrons. The van der Waals surface area contributed by atoms with E-state index in [9.17, 15) is 9.90 Å². The van der Waals surface area contributed by atoms with E-state index >= 15 is 0 Å².